The van der Waals surface area contributed by atoms with Crippen molar-refractivity contribution in [1.29, 1.82) is 0 Å². The van der Waals surface area contributed by atoms with Crippen molar-refractivity contribution in [3.8, 4) is 0 Å². The molecule has 4 aliphatic carbocycles. The Labute approximate surface area is 328 Å². The third kappa shape index (κ3) is 16.8. The number of nitrogens with zero attached hydrogens (tertiary/aromatic N) is 1. The lowest BCUT2D eigenvalue weighted by Crippen LogP contribution is -2.69. The Morgan fingerprint density at radius 3 is 1.83 bits per heavy atom. The highest BCUT2D eigenvalue weighted by Crippen LogP contribution is 2.74. The molecule has 8 heteroatoms. The standard InChI is InChI=1S/C45H86NO6P/c1-6-7-8-18-23-37(2)24-19-14-10-9-12-16-21-31-49-35-39(36-52-53(47,48)51-33-30-46(3,4)5)50-32-22-17-13-11-15-20-25-38-26-27-42-43(34-38)45-41-29-28-40(41)44(42)45/h37-45H,6-36H2,1-5H3/t37?,38?,39-,40?,41?,42?,43?,44?,45?/m1/s1. The van der Waals surface area contributed by atoms with Gasteiger partial charge < -0.3 is 27.9 Å². The Balaban J connectivity index is 0.993. The number of hydrogen-bond donors (Lipinski definition) is 0. The van der Waals surface area contributed by atoms with E-state index < -0.39 is 13.9 Å². The predicted molar refractivity (Wildman–Crippen MR) is 218 cm³/mol. The van der Waals surface area contributed by atoms with E-state index in [1.165, 1.54) is 127 Å². The van der Waals surface area contributed by atoms with Gasteiger partial charge in [-0.1, -0.05) is 136 Å². The molecule has 4 fully saturated rings. The van der Waals surface area contributed by atoms with Crippen molar-refractivity contribution < 1.29 is 32.5 Å². The van der Waals surface area contributed by atoms with E-state index in [2.05, 4.69) is 13.8 Å². The molecule has 0 aromatic heterocycles. The van der Waals surface area contributed by atoms with Crippen LogP contribution in [0.25, 0.3) is 0 Å². The van der Waals surface area contributed by atoms with Gasteiger partial charge in [0.1, 0.15) is 19.3 Å². The first-order valence-electron chi connectivity index (χ1n) is 23.2. The van der Waals surface area contributed by atoms with E-state index in [-0.39, 0.29) is 13.2 Å². The van der Waals surface area contributed by atoms with Crippen LogP contribution in [0.15, 0.2) is 0 Å². The predicted octanol–water partition coefficient (Wildman–Crippen LogP) is 11.4. The van der Waals surface area contributed by atoms with Gasteiger partial charge in [-0.2, -0.15) is 0 Å². The fraction of sp³-hybridized carbons (Fsp3) is 1.00. The number of phosphoric ester groups is 1. The van der Waals surface area contributed by atoms with Crippen LogP contribution < -0.4 is 4.89 Å². The molecule has 7 nitrogen and oxygen atoms in total. The van der Waals surface area contributed by atoms with E-state index in [0.717, 1.165) is 54.8 Å². The molecule has 10 atom stereocenters. The number of unbranched alkanes of at least 4 members (excludes halogenated alkanes) is 14. The Kier molecular flexibility index (Phi) is 21.3. The van der Waals surface area contributed by atoms with Gasteiger partial charge in [-0.3, -0.25) is 4.57 Å². The van der Waals surface area contributed by atoms with Crippen LogP contribution in [-0.4, -0.2) is 71.3 Å². The van der Waals surface area contributed by atoms with Crippen molar-refractivity contribution in [2.24, 2.45) is 47.3 Å². The normalized spacial score (nSPS) is 28.5. The van der Waals surface area contributed by atoms with Crippen molar-refractivity contribution >= 4 is 7.82 Å². The Hall–Kier alpha value is -0.0100. The van der Waals surface area contributed by atoms with Gasteiger partial charge in [0.2, 0.25) is 0 Å². The van der Waals surface area contributed by atoms with E-state index in [0.29, 0.717) is 30.8 Å². The fourth-order valence-electron chi connectivity index (χ4n) is 10.6. The van der Waals surface area contributed by atoms with Crippen molar-refractivity contribution in [3.05, 3.63) is 0 Å². The summed E-state index contributed by atoms with van der Waals surface area (Å²) in [7, 11) is 1.63. The second-order valence-corrected chi connectivity index (χ2v) is 20.8. The third-order valence-corrected chi connectivity index (χ3v) is 15.0. The minimum atomic E-state index is -4.39. The Morgan fingerprint density at radius 1 is 0.642 bits per heavy atom. The quantitative estimate of drug-likeness (QED) is 0.0369. The number of fused-ring (bicyclic) bond motifs is 7. The lowest BCUT2D eigenvalue weighted by atomic mass is 9.30. The molecule has 0 amide bonds. The fourth-order valence-corrected chi connectivity index (χ4v) is 11.4. The molecule has 0 radical (unpaired) electrons. The highest BCUT2D eigenvalue weighted by molar-refractivity contribution is 7.45. The minimum Gasteiger partial charge on any atom is -0.756 e. The molecule has 312 valence electrons. The topological polar surface area (TPSA) is 77.1 Å². The number of quaternary nitrogens is 1. The number of ether oxygens (including phenoxy) is 2. The molecule has 0 aromatic rings. The first-order chi connectivity index (χ1) is 25.6. The van der Waals surface area contributed by atoms with Crippen LogP contribution in [0.1, 0.15) is 174 Å². The van der Waals surface area contributed by atoms with E-state index >= 15 is 0 Å². The summed E-state index contributed by atoms with van der Waals surface area (Å²) >= 11 is 0. The molecule has 4 rings (SSSR count). The summed E-state index contributed by atoms with van der Waals surface area (Å²) in [6, 6.07) is 0. The Bertz CT molecular complexity index is 1000. The maximum atomic E-state index is 12.4. The van der Waals surface area contributed by atoms with Crippen LogP contribution in [0.5, 0.6) is 0 Å². The van der Waals surface area contributed by atoms with Crippen molar-refractivity contribution in [2.75, 3.05) is 60.7 Å². The number of likely N-dealkylation sites (N-methyl/N-ethyl adjacent to an activating group) is 1. The van der Waals surface area contributed by atoms with E-state index in [9.17, 15) is 9.46 Å². The lowest BCUT2D eigenvalue weighted by molar-refractivity contribution is -0.870. The maximum absolute atomic E-state index is 12.4. The first kappa shape index (κ1) is 45.7. The molecule has 9 unspecified atom stereocenters. The molecule has 0 N–H and O–H groups in total. The molecular formula is C45H86NO6P. The summed E-state index contributed by atoms with van der Waals surface area (Å²) in [5, 5.41) is 0. The second kappa shape index (κ2) is 24.7. The first-order valence-corrected chi connectivity index (χ1v) is 24.6. The zero-order chi connectivity index (χ0) is 37.9. The molecule has 0 aromatic carbocycles. The molecular weight excluding hydrogens is 681 g/mol. The summed E-state index contributed by atoms with van der Waals surface area (Å²) in [4.78, 5) is 12.4. The zero-order valence-corrected chi connectivity index (χ0v) is 36.4. The average molecular weight is 768 g/mol. The number of rotatable bonds is 34. The van der Waals surface area contributed by atoms with Gasteiger partial charge in [-0.05, 0) is 85.9 Å². The molecule has 0 bridgehead atoms. The minimum absolute atomic E-state index is 0.0616. The molecule has 0 spiro atoms. The van der Waals surface area contributed by atoms with Crippen molar-refractivity contribution in [1.82, 2.24) is 0 Å². The lowest BCUT2D eigenvalue weighted by Gasteiger charge is -2.74. The molecule has 53 heavy (non-hydrogen) atoms. The van der Waals surface area contributed by atoms with E-state index in [1.54, 1.807) is 25.7 Å². The van der Waals surface area contributed by atoms with Crippen LogP contribution in [0.3, 0.4) is 0 Å². The van der Waals surface area contributed by atoms with Gasteiger partial charge in [0.25, 0.3) is 7.82 Å². The van der Waals surface area contributed by atoms with Gasteiger partial charge in [0.15, 0.2) is 0 Å². The zero-order valence-electron chi connectivity index (χ0n) is 35.5. The molecule has 0 saturated heterocycles. The molecule has 0 aliphatic heterocycles. The SMILES string of the molecule is CCCCCCC(C)CCCCCCCCCOC[C@H](COP(=O)([O-])OCC[N+](C)(C)C)OCCCCCCCCC1CCC2C(C1)C1C3CCC3C21. The van der Waals surface area contributed by atoms with E-state index in [4.69, 9.17) is 18.5 Å². The molecule has 4 aliphatic rings. The van der Waals surface area contributed by atoms with Gasteiger partial charge >= 0.3 is 0 Å². The highest BCUT2D eigenvalue weighted by atomic mass is 31.2. The van der Waals surface area contributed by atoms with Crippen LogP contribution >= 0.6 is 7.82 Å². The van der Waals surface area contributed by atoms with Gasteiger partial charge in [0, 0.05) is 13.2 Å². The van der Waals surface area contributed by atoms with Crippen molar-refractivity contribution in [3.63, 3.8) is 0 Å². The summed E-state index contributed by atoms with van der Waals surface area (Å²) in [5.41, 5.74) is 0. The van der Waals surface area contributed by atoms with Crippen LogP contribution in [0.4, 0.5) is 0 Å². The molecule has 4 saturated carbocycles. The molecule has 0 heterocycles. The maximum Gasteiger partial charge on any atom is 0.268 e. The largest absolute Gasteiger partial charge is 0.756 e. The van der Waals surface area contributed by atoms with Gasteiger partial charge in [-0.25, -0.2) is 0 Å². The third-order valence-electron chi connectivity index (χ3n) is 14.0. The Morgan fingerprint density at radius 2 is 1.19 bits per heavy atom. The summed E-state index contributed by atoms with van der Waals surface area (Å²) < 4.78 is 35.6. The van der Waals surface area contributed by atoms with Crippen LogP contribution in [0, 0.1) is 47.3 Å². The summed E-state index contributed by atoms with van der Waals surface area (Å²) in [6.07, 6.45) is 33.4. The highest BCUT2D eigenvalue weighted by Gasteiger charge is 2.68. The smallest absolute Gasteiger partial charge is 0.268 e. The number of hydrogen-bond acceptors (Lipinski definition) is 6. The van der Waals surface area contributed by atoms with Crippen molar-refractivity contribution in [2.45, 2.75) is 180 Å². The second-order valence-electron chi connectivity index (χ2n) is 19.4. The van der Waals surface area contributed by atoms with E-state index in [1.807, 2.05) is 21.1 Å². The van der Waals surface area contributed by atoms with Crippen LogP contribution in [-0.2, 0) is 23.1 Å². The average Bonchev–Trinajstić information content (AvgIpc) is 3.10. The monoisotopic (exact) mass is 768 g/mol. The van der Waals surface area contributed by atoms with Gasteiger partial charge in [0.05, 0.1) is 34.4 Å². The van der Waals surface area contributed by atoms with Gasteiger partial charge in [-0.15, -0.1) is 0 Å². The summed E-state index contributed by atoms with van der Waals surface area (Å²) in [6.45, 7) is 6.97. The summed E-state index contributed by atoms with van der Waals surface area (Å²) in [5.74, 6) is 8.81. The van der Waals surface area contributed by atoms with Crippen LogP contribution in [0.2, 0.25) is 0 Å². The number of phosphoric acid groups is 1.